The second-order valence-corrected chi connectivity index (χ2v) is 3.24. The zero-order valence-electron chi connectivity index (χ0n) is 8.32. The smallest absolute Gasteiger partial charge is 0.0626 e. The van der Waals surface area contributed by atoms with Crippen molar-refractivity contribution in [3.63, 3.8) is 0 Å². The normalized spacial score (nSPS) is 12.7. The number of nitrogens with two attached hydrogens (primary N) is 1. The molecule has 0 saturated carbocycles. The van der Waals surface area contributed by atoms with Gasteiger partial charge in [-0.15, -0.1) is 0 Å². The Balaban J connectivity index is 2.46. The number of hydrogen-bond acceptors (Lipinski definition) is 3. The summed E-state index contributed by atoms with van der Waals surface area (Å²) in [6.45, 7) is 1.64. The highest BCUT2D eigenvalue weighted by atomic mass is 16.3. The topological polar surface area (TPSA) is 58.3 Å². The summed E-state index contributed by atoms with van der Waals surface area (Å²) in [5.41, 5.74) is 6.51. The third kappa shape index (κ3) is 3.46. The molecule has 0 amide bonds. The summed E-state index contributed by atoms with van der Waals surface area (Å²) < 4.78 is 0. The molecular weight excluding hydrogens is 176 g/mol. The van der Waals surface area contributed by atoms with E-state index in [-0.39, 0.29) is 12.6 Å². The zero-order valence-corrected chi connectivity index (χ0v) is 8.32. The highest BCUT2D eigenvalue weighted by Gasteiger charge is 2.07. The van der Waals surface area contributed by atoms with Crippen LogP contribution in [0, 0.1) is 0 Å². The van der Waals surface area contributed by atoms with Crippen LogP contribution in [0.2, 0.25) is 0 Å². The van der Waals surface area contributed by atoms with E-state index in [9.17, 15) is 5.11 Å². The Morgan fingerprint density at radius 1 is 1.29 bits per heavy atom. The van der Waals surface area contributed by atoms with E-state index in [4.69, 9.17) is 5.73 Å². The van der Waals surface area contributed by atoms with Crippen LogP contribution in [0.5, 0.6) is 0 Å². The first-order chi connectivity index (χ1) is 6.88. The fourth-order valence-electron chi connectivity index (χ4n) is 1.35. The Morgan fingerprint density at radius 2 is 2.00 bits per heavy atom. The average Bonchev–Trinajstić information content (AvgIpc) is 2.26. The second kappa shape index (κ2) is 6.54. The molecule has 0 fully saturated rings. The van der Waals surface area contributed by atoms with Gasteiger partial charge in [0, 0.05) is 0 Å². The summed E-state index contributed by atoms with van der Waals surface area (Å²) in [5.74, 6) is 0. The van der Waals surface area contributed by atoms with Crippen LogP contribution in [-0.4, -0.2) is 24.8 Å². The zero-order chi connectivity index (χ0) is 10.2. The monoisotopic (exact) mass is 194 g/mol. The van der Waals surface area contributed by atoms with Gasteiger partial charge in [-0.2, -0.15) is 0 Å². The highest BCUT2D eigenvalue weighted by molar-refractivity contribution is 5.18. The number of aliphatic hydroxyl groups is 1. The minimum Gasteiger partial charge on any atom is -0.394 e. The maximum atomic E-state index is 9.19. The molecule has 3 nitrogen and oxygen atoms in total. The predicted molar refractivity (Wildman–Crippen MR) is 57.9 cm³/mol. The fraction of sp³-hybridized carbons (Fsp3) is 0.455. The lowest BCUT2D eigenvalue weighted by Crippen LogP contribution is -2.26. The van der Waals surface area contributed by atoms with Crippen molar-refractivity contribution in [2.24, 2.45) is 5.73 Å². The molecule has 0 heterocycles. The third-order valence-corrected chi connectivity index (χ3v) is 2.16. The summed E-state index contributed by atoms with van der Waals surface area (Å²) in [5, 5.41) is 12.4. The molecule has 0 aliphatic heterocycles. The van der Waals surface area contributed by atoms with Gasteiger partial charge in [0.15, 0.2) is 0 Å². The van der Waals surface area contributed by atoms with E-state index in [1.165, 1.54) is 0 Å². The molecule has 78 valence electrons. The number of aliphatic hydroxyl groups excluding tert-OH is 1. The van der Waals surface area contributed by atoms with Crippen molar-refractivity contribution in [2.45, 2.75) is 12.5 Å². The van der Waals surface area contributed by atoms with E-state index in [1.54, 1.807) is 0 Å². The summed E-state index contributed by atoms with van der Waals surface area (Å²) in [6.07, 6.45) is 0.934. The molecule has 0 aliphatic rings. The van der Waals surface area contributed by atoms with Crippen molar-refractivity contribution in [1.29, 1.82) is 0 Å². The summed E-state index contributed by atoms with van der Waals surface area (Å²) in [4.78, 5) is 0. The van der Waals surface area contributed by atoms with Crippen molar-refractivity contribution in [1.82, 2.24) is 5.32 Å². The number of nitrogens with one attached hydrogen (secondary N) is 1. The molecule has 0 spiro atoms. The average molecular weight is 194 g/mol. The first kappa shape index (κ1) is 11.2. The Morgan fingerprint density at radius 3 is 2.57 bits per heavy atom. The van der Waals surface area contributed by atoms with E-state index >= 15 is 0 Å². The molecule has 0 aromatic heterocycles. The maximum Gasteiger partial charge on any atom is 0.0626 e. The van der Waals surface area contributed by atoms with Gasteiger partial charge < -0.3 is 16.2 Å². The molecule has 0 saturated heterocycles. The van der Waals surface area contributed by atoms with Crippen LogP contribution in [-0.2, 0) is 0 Å². The molecule has 0 bridgehead atoms. The third-order valence-electron chi connectivity index (χ3n) is 2.16. The van der Waals surface area contributed by atoms with Crippen LogP contribution in [0.1, 0.15) is 18.0 Å². The van der Waals surface area contributed by atoms with Gasteiger partial charge in [-0.3, -0.25) is 0 Å². The van der Waals surface area contributed by atoms with Crippen LogP contribution in [0.25, 0.3) is 0 Å². The molecule has 1 aromatic carbocycles. The largest absolute Gasteiger partial charge is 0.394 e. The van der Waals surface area contributed by atoms with Crippen molar-refractivity contribution in [2.75, 3.05) is 19.7 Å². The van der Waals surface area contributed by atoms with E-state index in [1.807, 2.05) is 30.3 Å². The molecule has 4 N–H and O–H groups in total. The number of benzene rings is 1. The Kier molecular flexibility index (Phi) is 5.22. The van der Waals surface area contributed by atoms with E-state index < -0.39 is 0 Å². The Hall–Kier alpha value is -0.900. The standard InChI is InChI=1S/C11H18N2O/c12-7-4-8-13-11(9-14)10-5-2-1-3-6-10/h1-3,5-6,11,13-14H,4,7-9,12H2/t11-/m1/s1. The van der Waals surface area contributed by atoms with E-state index in [2.05, 4.69) is 5.32 Å². The van der Waals surface area contributed by atoms with Gasteiger partial charge in [-0.25, -0.2) is 0 Å². The number of hydrogen-bond donors (Lipinski definition) is 3. The lowest BCUT2D eigenvalue weighted by molar-refractivity contribution is 0.244. The highest BCUT2D eigenvalue weighted by Crippen LogP contribution is 2.10. The molecular formula is C11H18N2O. The first-order valence-corrected chi connectivity index (χ1v) is 4.97. The van der Waals surface area contributed by atoms with Gasteiger partial charge in [0.25, 0.3) is 0 Å². The summed E-state index contributed by atoms with van der Waals surface area (Å²) in [7, 11) is 0. The Labute approximate surface area is 84.9 Å². The van der Waals surface area contributed by atoms with Gasteiger partial charge in [-0.05, 0) is 25.1 Å². The lowest BCUT2D eigenvalue weighted by Gasteiger charge is -2.16. The first-order valence-electron chi connectivity index (χ1n) is 4.97. The minimum absolute atomic E-state index is 0.0303. The molecule has 1 aromatic rings. The van der Waals surface area contributed by atoms with Gasteiger partial charge in [0.05, 0.1) is 12.6 Å². The lowest BCUT2D eigenvalue weighted by atomic mass is 10.1. The SMILES string of the molecule is NCCCN[C@H](CO)c1ccccc1. The van der Waals surface area contributed by atoms with Gasteiger partial charge in [-0.1, -0.05) is 30.3 Å². The molecule has 14 heavy (non-hydrogen) atoms. The molecule has 1 rings (SSSR count). The van der Waals surface area contributed by atoms with Crippen LogP contribution in [0.4, 0.5) is 0 Å². The van der Waals surface area contributed by atoms with Crippen molar-refractivity contribution >= 4 is 0 Å². The van der Waals surface area contributed by atoms with Gasteiger partial charge in [0.1, 0.15) is 0 Å². The van der Waals surface area contributed by atoms with Crippen LogP contribution in [0.15, 0.2) is 30.3 Å². The summed E-state index contributed by atoms with van der Waals surface area (Å²) >= 11 is 0. The molecule has 1 atom stereocenters. The second-order valence-electron chi connectivity index (χ2n) is 3.24. The fourth-order valence-corrected chi connectivity index (χ4v) is 1.35. The van der Waals surface area contributed by atoms with Gasteiger partial charge >= 0.3 is 0 Å². The van der Waals surface area contributed by atoms with Crippen LogP contribution in [0.3, 0.4) is 0 Å². The maximum absolute atomic E-state index is 9.19. The van der Waals surface area contributed by atoms with E-state index in [0.717, 1.165) is 18.5 Å². The van der Waals surface area contributed by atoms with Crippen molar-refractivity contribution in [3.05, 3.63) is 35.9 Å². The van der Waals surface area contributed by atoms with Gasteiger partial charge in [0.2, 0.25) is 0 Å². The Bertz CT molecular complexity index is 238. The molecule has 3 heteroatoms. The minimum atomic E-state index is 0.0303. The predicted octanol–water partition coefficient (Wildman–Crippen LogP) is 0.658. The van der Waals surface area contributed by atoms with Crippen molar-refractivity contribution in [3.8, 4) is 0 Å². The molecule has 0 aliphatic carbocycles. The van der Waals surface area contributed by atoms with Crippen molar-refractivity contribution < 1.29 is 5.11 Å². The van der Waals surface area contributed by atoms with E-state index in [0.29, 0.717) is 6.54 Å². The van der Waals surface area contributed by atoms with Crippen LogP contribution < -0.4 is 11.1 Å². The quantitative estimate of drug-likeness (QED) is 0.583. The molecule has 0 radical (unpaired) electrons. The number of rotatable bonds is 6. The summed E-state index contributed by atoms with van der Waals surface area (Å²) in [6, 6.07) is 9.97. The molecule has 0 unspecified atom stereocenters. The van der Waals surface area contributed by atoms with Crippen LogP contribution >= 0.6 is 0 Å².